The Labute approximate surface area is 187 Å². The van der Waals surface area contributed by atoms with Crippen molar-refractivity contribution in [2.24, 2.45) is 5.92 Å². The van der Waals surface area contributed by atoms with Crippen LogP contribution < -0.4 is 14.8 Å². The van der Waals surface area contributed by atoms with E-state index < -0.39 is 9.84 Å². The second-order valence-corrected chi connectivity index (χ2v) is 10.5. The van der Waals surface area contributed by atoms with Crippen LogP contribution in [0.25, 0.3) is 11.0 Å². The van der Waals surface area contributed by atoms with E-state index in [0.29, 0.717) is 36.1 Å². The van der Waals surface area contributed by atoms with Crippen LogP contribution in [0.5, 0.6) is 11.5 Å². The number of aromatic nitrogens is 2. The molecule has 9 heteroatoms. The molecule has 0 fully saturated rings. The molecule has 1 atom stereocenters. The van der Waals surface area contributed by atoms with Gasteiger partial charge in [0, 0.05) is 6.26 Å². The second kappa shape index (κ2) is 8.82. The van der Waals surface area contributed by atoms with Gasteiger partial charge in [0.1, 0.15) is 31.3 Å². The first-order valence-electron chi connectivity index (χ1n) is 10.5. The molecular weight excluding hydrogens is 430 g/mol. The minimum Gasteiger partial charge on any atom is -0.486 e. The van der Waals surface area contributed by atoms with E-state index in [1.807, 2.05) is 56.3 Å². The summed E-state index contributed by atoms with van der Waals surface area (Å²) in [5.41, 5.74) is 2.30. The fourth-order valence-corrected chi connectivity index (χ4v) is 4.59. The van der Waals surface area contributed by atoms with Gasteiger partial charge in [0.2, 0.25) is 5.91 Å². The van der Waals surface area contributed by atoms with Gasteiger partial charge in [-0.15, -0.1) is 0 Å². The summed E-state index contributed by atoms with van der Waals surface area (Å²) in [6.45, 7) is 5.05. The van der Waals surface area contributed by atoms with Gasteiger partial charge in [-0.05, 0) is 35.7 Å². The third-order valence-electron chi connectivity index (χ3n) is 5.34. The molecule has 170 valence electrons. The largest absolute Gasteiger partial charge is 0.486 e. The Bertz CT molecular complexity index is 1250. The van der Waals surface area contributed by atoms with Crippen molar-refractivity contribution in [3.63, 3.8) is 0 Å². The van der Waals surface area contributed by atoms with Gasteiger partial charge in [-0.2, -0.15) is 0 Å². The van der Waals surface area contributed by atoms with Crippen LogP contribution in [-0.4, -0.2) is 43.3 Å². The molecule has 8 nitrogen and oxygen atoms in total. The summed E-state index contributed by atoms with van der Waals surface area (Å²) in [7, 11) is -3.31. The number of sulfone groups is 1. The number of imidazole rings is 1. The third-order valence-corrected chi connectivity index (χ3v) is 6.12. The van der Waals surface area contributed by atoms with Crippen molar-refractivity contribution in [1.82, 2.24) is 14.9 Å². The molecule has 2 aromatic carbocycles. The number of carbonyl (C=O) groups is 1. The summed E-state index contributed by atoms with van der Waals surface area (Å²) in [4.78, 5) is 17.5. The lowest BCUT2D eigenvalue weighted by Gasteiger charge is -2.25. The summed E-state index contributed by atoms with van der Waals surface area (Å²) in [6.07, 6.45) is 1.16. The molecule has 0 saturated carbocycles. The molecular formula is C23H27N3O5S. The zero-order valence-electron chi connectivity index (χ0n) is 18.4. The van der Waals surface area contributed by atoms with E-state index in [2.05, 4.69) is 10.3 Å². The predicted octanol–water partition coefficient (Wildman–Crippen LogP) is 2.87. The molecule has 0 bridgehead atoms. The Morgan fingerprint density at radius 3 is 2.56 bits per heavy atom. The number of hydrogen-bond acceptors (Lipinski definition) is 6. The summed E-state index contributed by atoms with van der Waals surface area (Å²) in [6, 6.07) is 12.8. The first kappa shape index (κ1) is 22.1. The number of nitrogens with zero attached hydrogens (tertiary/aromatic N) is 2. The molecule has 0 saturated heterocycles. The first-order valence-corrected chi connectivity index (χ1v) is 12.6. The second-order valence-electron chi connectivity index (χ2n) is 8.37. The van der Waals surface area contributed by atoms with Gasteiger partial charge in [-0.3, -0.25) is 4.79 Å². The number of hydrogen-bond donors (Lipinski definition) is 1. The maximum Gasteiger partial charge on any atom is 0.240 e. The van der Waals surface area contributed by atoms with Crippen molar-refractivity contribution >= 4 is 26.8 Å². The van der Waals surface area contributed by atoms with E-state index in [1.54, 1.807) is 4.57 Å². The zero-order chi connectivity index (χ0) is 22.9. The van der Waals surface area contributed by atoms with E-state index in [0.717, 1.165) is 17.3 Å². The van der Waals surface area contributed by atoms with E-state index in [1.165, 1.54) is 0 Å². The van der Waals surface area contributed by atoms with Gasteiger partial charge in [0.05, 0.1) is 17.1 Å². The van der Waals surface area contributed by atoms with Crippen LogP contribution in [0.1, 0.15) is 31.3 Å². The Kier molecular flexibility index (Phi) is 6.10. The molecule has 1 amide bonds. The van der Waals surface area contributed by atoms with E-state index in [9.17, 15) is 13.2 Å². The molecule has 0 aliphatic carbocycles. The highest BCUT2D eigenvalue weighted by molar-refractivity contribution is 7.89. The highest BCUT2D eigenvalue weighted by Crippen LogP contribution is 2.34. The van der Waals surface area contributed by atoms with Crippen LogP contribution in [-0.2, 0) is 26.9 Å². The van der Waals surface area contributed by atoms with E-state index in [-0.39, 0.29) is 30.2 Å². The predicted molar refractivity (Wildman–Crippen MR) is 121 cm³/mol. The summed E-state index contributed by atoms with van der Waals surface area (Å²) in [5.74, 6) is 1.39. The average Bonchev–Trinajstić information content (AvgIpc) is 3.06. The number of para-hydroxylation sites is 2. The van der Waals surface area contributed by atoms with Crippen LogP contribution in [0.2, 0.25) is 0 Å². The molecule has 1 aliphatic rings. The molecule has 32 heavy (non-hydrogen) atoms. The molecule has 3 aromatic rings. The fraction of sp³-hybridized carbons (Fsp3) is 0.391. The van der Waals surface area contributed by atoms with Gasteiger partial charge in [-0.25, -0.2) is 13.4 Å². The van der Waals surface area contributed by atoms with Gasteiger partial charge in [-0.1, -0.05) is 32.0 Å². The number of rotatable bonds is 7. The normalized spacial score (nSPS) is 14.5. The summed E-state index contributed by atoms with van der Waals surface area (Å²) >= 11 is 0. The smallest absolute Gasteiger partial charge is 0.240 e. The van der Waals surface area contributed by atoms with Gasteiger partial charge in [0.15, 0.2) is 21.3 Å². The van der Waals surface area contributed by atoms with Crippen LogP contribution in [0.15, 0.2) is 42.5 Å². The molecule has 2 heterocycles. The highest BCUT2D eigenvalue weighted by Gasteiger charge is 2.23. The first-order chi connectivity index (χ1) is 15.2. The number of fused-ring (bicyclic) bond motifs is 2. The van der Waals surface area contributed by atoms with Crippen molar-refractivity contribution in [1.29, 1.82) is 0 Å². The molecule has 0 spiro atoms. The minimum atomic E-state index is -3.31. The molecule has 4 rings (SSSR count). The van der Waals surface area contributed by atoms with Gasteiger partial charge in [0.25, 0.3) is 0 Å². The lowest BCUT2D eigenvalue weighted by Crippen LogP contribution is -2.34. The Morgan fingerprint density at radius 1 is 1.12 bits per heavy atom. The molecule has 0 radical (unpaired) electrons. The van der Waals surface area contributed by atoms with Crippen molar-refractivity contribution in [3.8, 4) is 11.5 Å². The van der Waals surface area contributed by atoms with Crippen LogP contribution >= 0.6 is 0 Å². The number of benzene rings is 2. The quantitative estimate of drug-likeness (QED) is 0.586. The fourth-order valence-electron chi connectivity index (χ4n) is 3.90. The maximum atomic E-state index is 13.1. The van der Waals surface area contributed by atoms with Crippen molar-refractivity contribution in [3.05, 3.63) is 53.9 Å². The molecule has 1 N–H and O–H groups in total. The Hall–Kier alpha value is -3.07. The van der Waals surface area contributed by atoms with Crippen molar-refractivity contribution in [2.45, 2.75) is 32.2 Å². The number of amides is 1. The minimum absolute atomic E-state index is 0.0286. The monoisotopic (exact) mass is 457 g/mol. The van der Waals surface area contributed by atoms with E-state index in [4.69, 9.17) is 9.47 Å². The Morgan fingerprint density at radius 2 is 1.84 bits per heavy atom. The SMILES string of the molecule is CC(C)[C@@H](NC(=O)Cn1c(CS(C)(=O)=O)nc2ccccc21)c1ccc2c(c1)OCCO2. The van der Waals surface area contributed by atoms with Gasteiger partial charge >= 0.3 is 0 Å². The highest BCUT2D eigenvalue weighted by atomic mass is 32.2. The molecule has 0 unspecified atom stereocenters. The maximum absolute atomic E-state index is 13.1. The van der Waals surface area contributed by atoms with Crippen LogP contribution in [0, 0.1) is 5.92 Å². The Balaban J connectivity index is 1.59. The van der Waals surface area contributed by atoms with E-state index >= 15 is 0 Å². The van der Waals surface area contributed by atoms with Crippen LogP contribution in [0.4, 0.5) is 0 Å². The molecule has 1 aliphatic heterocycles. The molecule has 1 aromatic heterocycles. The topological polar surface area (TPSA) is 99.5 Å². The summed E-state index contributed by atoms with van der Waals surface area (Å²) in [5, 5.41) is 3.10. The lowest BCUT2D eigenvalue weighted by atomic mass is 9.95. The number of nitrogens with one attached hydrogen (secondary N) is 1. The average molecular weight is 458 g/mol. The number of carbonyl (C=O) groups excluding carboxylic acids is 1. The zero-order valence-corrected chi connectivity index (χ0v) is 19.2. The van der Waals surface area contributed by atoms with Crippen LogP contribution in [0.3, 0.4) is 0 Å². The number of ether oxygens (including phenoxy) is 2. The van der Waals surface area contributed by atoms with Gasteiger partial charge < -0.3 is 19.4 Å². The lowest BCUT2D eigenvalue weighted by molar-refractivity contribution is -0.122. The van der Waals surface area contributed by atoms with Crippen molar-refractivity contribution < 1.29 is 22.7 Å². The standard InChI is InChI=1S/C23H27N3O5S/c1-15(2)23(16-8-9-19-20(12-16)31-11-10-30-19)25-22(27)13-26-18-7-5-4-6-17(18)24-21(26)14-32(3,28)29/h4-9,12,15,23H,10-11,13-14H2,1-3H3,(H,25,27)/t23-/m1/s1. The third kappa shape index (κ3) is 4.88. The summed E-state index contributed by atoms with van der Waals surface area (Å²) < 4.78 is 36.8. The van der Waals surface area contributed by atoms with Crippen molar-refractivity contribution in [2.75, 3.05) is 19.5 Å².